The fraction of sp³-hybridized carbons (Fsp3) is 0.333. The molecule has 0 bridgehead atoms. The zero-order valence-electron chi connectivity index (χ0n) is 11.0. The quantitative estimate of drug-likeness (QED) is 0.793. The van der Waals surface area contributed by atoms with Gasteiger partial charge in [0.1, 0.15) is 17.2 Å². The van der Waals surface area contributed by atoms with E-state index in [9.17, 15) is 0 Å². The van der Waals surface area contributed by atoms with E-state index in [0.717, 1.165) is 16.5 Å². The second kappa shape index (κ2) is 4.27. The highest BCUT2D eigenvalue weighted by molar-refractivity contribution is 7.09. The maximum atomic E-state index is 4.37. The van der Waals surface area contributed by atoms with Gasteiger partial charge in [-0.1, -0.05) is 0 Å². The number of nitrogens with zero attached hydrogens (tertiary/aromatic N) is 5. The lowest BCUT2D eigenvalue weighted by Crippen LogP contribution is -2.29. The zero-order valence-corrected chi connectivity index (χ0v) is 11.8. The Hall–Kier alpha value is -2.02. The summed E-state index contributed by atoms with van der Waals surface area (Å²) in [5.74, 6) is 1.46. The Morgan fingerprint density at radius 2 is 2.16 bits per heavy atom. The first kappa shape index (κ1) is 12.0. The highest BCUT2D eigenvalue weighted by Crippen LogP contribution is 2.27. The Morgan fingerprint density at radius 3 is 2.89 bits per heavy atom. The largest absolute Gasteiger partial charge is 0.358 e. The molecule has 0 atom stereocenters. The van der Waals surface area contributed by atoms with E-state index >= 15 is 0 Å². The number of nitrogens with one attached hydrogen (secondary N) is 1. The summed E-state index contributed by atoms with van der Waals surface area (Å²) in [4.78, 5) is 12.8. The van der Waals surface area contributed by atoms with Crippen molar-refractivity contribution in [2.24, 2.45) is 0 Å². The zero-order chi connectivity index (χ0) is 13.5. The normalized spacial score (nSPS) is 11.9. The Bertz CT molecular complexity index is 700. The van der Waals surface area contributed by atoms with Crippen LogP contribution < -0.4 is 5.32 Å². The highest BCUT2D eigenvalue weighted by atomic mass is 32.1. The number of anilines is 1. The van der Waals surface area contributed by atoms with Crippen LogP contribution in [0.15, 0.2) is 24.0 Å². The Morgan fingerprint density at radius 1 is 1.32 bits per heavy atom. The molecule has 0 fully saturated rings. The second-order valence-corrected chi connectivity index (χ2v) is 5.74. The van der Waals surface area contributed by atoms with E-state index in [0.29, 0.717) is 5.78 Å². The van der Waals surface area contributed by atoms with Crippen LogP contribution in [0.5, 0.6) is 0 Å². The Kier molecular flexibility index (Phi) is 2.70. The van der Waals surface area contributed by atoms with Gasteiger partial charge in [0.05, 0.1) is 5.54 Å². The van der Waals surface area contributed by atoms with Crippen LogP contribution in [0, 0.1) is 6.92 Å². The average molecular weight is 274 g/mol. The molecule has 0 spiro atoms. The van der Waals surface area contributed by atoms with Crippen molar-refractivity contribution < 1.29 is 0 Å². The van der Waals surface area contributed by atoms with Gasteiger partial charge in [0, 0.05) is 23.3 Å². The van der Waals surface area contributed by atoms with Gasteiger partial charge >= 0.3 is 0 Å². The molecule has 3 rings (SSSR count). The second-order valence-electron chi connectivity index (χ2n) is 4.84. The molecule has 1 N–H and O–H groups in total. The Labute approximate surface area is 114 Å². The van der Waals surface area contributed by atoms with Crippen molar-refractivity contribution in [2.45, 2.75) is 26.3 Å². The molecule has 0 aliphatic rings. The molecule has 0 unspecified atom stereocenters. The molecule has 7 heteroatoms. The van der Waals surface area contributed by atoms with Crippen molar-refractivity contribution in [1.82, 2.24) is 24.6 Å². The lowest BCUT2D eigenvalue weighted by Gasteiger charge is -2.25. The molecule has 0 aliphatic carbocycles. The molecule has 0 amide bonds. The van der Waals surface area contributed by atoms with E-state index in [1.807, 2.05) is 24.6 Å². The van der Waals surface area contributed by atoms with Crippen molar-refractivity contribution in [3.63, 3.8) is 0 Å². The first-order valence-corrected chi connectivity index (χ1v) is 6.80. The molecule has 0 radical (unpaired) electrons. The Balaban J connectivity index is 2.03. The van der Waals surface area contributed by atoms with E-state index in [1.54, 1.807) is 15.9 Å². The standard InChI is InChI=1S/C12H14N6S/c1-8-6-9(18-11(16-8)14-7-15-18)17-12(2,3)10-13-4-5-19-10/h4-7,17H,1-3H3. The number of rotatable bonds is 3. The van der Waals surface area contributed by atoms with Gasteiger partial charge in [0.15, 0.2) is 0 Å². The average Bonchev–Trinajstić information content (AvgIpc) is 2.98. The van der Waals surface area contributed by atoms with Gasteiger partial charge < -0.3 is 5.32 Å². The lowest BCUT2D eigenvalue weighted by atomic mass is 10.1. The van der Waals surface area contributed by atoms with Gasteiger partial charge in [-0.15, -0.1) is 11.3 Å². The first-order valence-electron chi connectivity index (χ1n) is 5.92. The van der Waals surface area contributed by atoms with Gasteiger partial charge in [-0.05, 0) is 20.8 Å². The lowest BCUT2D eigenvalue weighted by molar-refractivity contribution is 0.596. The third-order valence-electron chi connectivity index (χ3n) is 2.79. The predicted molar refractivity (Wildman–Crippen MR) is 74.3 cm³/mol. The number of hydrogen-bond acceptors (Lipinski definition) is 6. The minimum Gasteiger partial charge on any atom is -0.358 e. The minimum absolute atomic E-state index is 0.277. The number of aromatic nitrogens is 5. The van der Waals surface area contributed by atoms with E-state index in [2.05, 4.69) is 39.2 Å². The van der Waals surface area contributed by atoms with Crippen molar-refractivity contribution in [3.8, 4) is 0 Å². The fourth-order valence-corrected chi connectivity index (χ4v) is 2.64. The third kappa shape index (κ3) is 2.17. The van der Waals surface area contributed by atoms with Crippen molar-refractivity contribution in [3.05, 3.63) is 34.7 Å². The smallest absolute Gasteiger partial charge is 0.254 e. The highest BCUT2D eigenvalue weighted by Gasteiger charge is 2.24. The van der Waals surface area contributed by atoms with Gasteiger partial charge in [-0.2, -0.15) is 14.6 Å². The van der Waals surface area contributed by atoms with E-state index < -0.39 is 0 Å². The van der Waals surface area contributed by atoms with Crippen LogP contribution in [-0.2, 0) is 5.54 Å². The summed E-state index contributed by atoms with van der Waals surface area (Å²) < 4.78 is 1.70. The van der Waals surface area contributed by atoms with E-state index in [-0.39, 0.29) is 5.54 Å². The van der Waals surface area contributed by atoms with E-state index in [4.69, 9.17) is 0 Å². The summed E-state index contributed by atoms with van der Waals surface area (Å²) in [5, 5.41) is 10.6. The fourth-order valence-electron chi connectivity index (χ4n) is 1.93. The summed E-state index contributed by atoms with van der Waals surface area (Å²) in [5.41, 5.74) is 0.624. The van der Waals surface area contributed by atoms with Crippen molar-refractivity contribution in [1.29, 1.82) is 0 Å². The number of fused-ring (bicyclic) bond motifs is 1. The molecule has 6 nitrogen and oxygen atoms in total. The molecular formula is C12H14N6S. The molecule has 0 aliphatic heterocycles. The molecule has 0 aromatic carbocycles. The molecule has 0 saturated carbocycles. The summed E-state index contributed by atoms with van der Waals surface area (Å²) in [6.07, 6.45) is 3.32. The van der Waals surface area contributed by atoms with Crippen LogP contribution >= 0.6 is 11.3 Å². The van der Waals surface area contributed by atoms with Crippen LogP contribution in [0.25, 0.3) is 5.78 Å². The van der Waals surface area contributed by atoms with Gasteiger partial charge in [0.2, 0.25) is 0 Å². The molecule has 3 heterocycles. The molecule has 3 aromatic heterocycles. The summed E-state index contributed by atoms with van der Waals surface area (Å²) >= 11 is 1.63. The summed E-state index contributed by atoms with van der Waals surface area (Å²) in [6, 6.07) is 1.96. The number of hydrogen-bond donors (Lipinski definition) is 1. The van der Waals surface area contributed by atoms with Gasteiger partial charge in [0.25, 0.3) is 5.78 Å². The molecule has 3 aromatic rings. The molecule has 19 heavy (non-hydrogen) atoms. The van der Waals surface area contributed by atoms with Gasteiger partial charge in [-0.3, -0.25) is 0 Å². The third-order valence-corrected chi connectivity index (χ3v) is 3.88. The molecular weight excluding hydrogens is 260 g/mol. The topological polar surface area (TPSA) is 68.0 Å². The summed E-state index contributed by atoms with van der Waals surface area (Å²) in [6.45, 7) is 6.12. The maximum absolute atomic E-state index is 4.37. The van der Waals surface area contributed by atoms with Crippen molar-refractivity contribution in [2.75, 3.05) is 5.32 Å². The molecule has 0 saturated heterocycles. The van der Waals surface area contributed by atoms with Crippen molar-refractivity contribution >= 4 is 22.9 Å². The van der Waals surface area contributed by atoms with Crippen LogP contribution in [-0.4, -0.2) is 24.6 Å². The molecule has 98 valence electrons. The first-order chi connectivity index (χ1) is 9.06. The van der Waals surface area contributed by atoms with Gasteiger partial charge in [-0.25, -0.2) is 9.97 Å². The van der Waals surface area contributed by atoms with Crippen LogP contribution in [0.1, 0.15) is 24.5 Å². The van der Waals surface area contributed by atoms with Crippen LogP contribution in [0.2, 0.25) is 0 Å². The van der Waals surface area contributed by atoms with Crippen LogP contribution in [0.4, 0.5) is 5.82 Å². The predicted octanol–water partition coefficient (Wildman–Crippen LogP) is 2.24. The van der Waals surface area contributed by atoms with E-state index in [1.165, 1.54) is 6.33 Å². The monoisotopic (exact) mass is 274 g/mol. The minimum atomic E-state index is -0.277. The number of aryl methyl sites for hydroxylation is 1. The van der Waals surface area contributed by atoms with Crippen LogP contribution in [0.3, 0.4) is 0 Å². The summed E-state index contributed by atoms with van der Waals surface area (Å²) in [7, 11) is 0. The SMILES string of the molecule is Cc1cc(NC(C)(C)c2nccs2)n2ncnc2n1. The maximum Gasteiger partial charge on any atom is 0.254 e. The number of thiazole rings is 1.